The number of rotatable bonds is 4. The zero-order chi connectivity index (χ0) is 6.41. The Morgan fingerprint density at radius 2 is 2.50 bits per heavy atom. The van der Waals surface area contributed by atoms with Crippen molar-refractivity contribution in [3.63, 3.8) is 0 Å². The Bertz CT molecular complexity index is 69.5. The fourth-order valence-corrected chi connectivity index (χ4v) is 0.506. The van der Waals surface area contributed by atoms with E-state index in [0.29, 0.717) is 0 Å². The largest absolute Gasteiger partial charge is 0.507 e. The SMILES string of the molecule is C=CCO[PH+]([O])O[NH3+]. The maximum absolute atomic E-state index is 10.2. The molecule has 0 amide bonds. The summed E-state index contributed by atoms with van der Waals surface area (Å²) in [7, 11) is -2.32. The van der Waals surface area contributed by atoms with Crippen molar-refractivity contribution in [3.05, 3.63) is 12.7 Å². The molecule has 0 rings (SSSR count). The summed E-state index contributed by atoms with van der Waals surface area (Å²) in [5.41, 5.74) is 0. The Balaban J connectivity index is 2.97. The van der Waals surface area contributed by atoms with Gasteiger partial charge in [-0.2, -0.15) is 10.4 Å². The zero-order valence-electron chi connectivity index (χ0n) is 4.42. The highest BCUT2D eigenvalue weighted by atomic mass is 31.2. The molecule has 0 saturated heterocycles. The van der Waals surface area contributed by atoms with Crippen LogP contribution < -0.4 is 5.90 Å². The molecular formula is C3H9NO3P+2. The van der Waals surface area contributed by atoms with Crippen LogP contribution in [0.25, 0.3) is 0 Å². The first-order chi connectivity index (χ1) is 3.81. The third kappa shape index (κ3) is 4.18. The molecule has 0 aliphatic rings. The predicted octanol–water partition coefficient (Wildman–Crippen LogP) is -0.248. The second-order valence-electron chi connectivity index (χ2n) is 0.994. The number of quaternary nitrogens is 1. The van der Waals surface area contributed by atoms with Crippen molar-refractivity contribution in [2.24, 2.45) is 0 Å². The van der Waals surface area contributed by atoms with Gasteiger partial charge in [-0.15, -0.1) is 6.58 Å². The van der Waals surface area contributed by atoms with E-state index in [4.69, 9.17) is 0 Å². The van der Waals surface area contributed by atoms with Crippen LogP contribution >= 0.6 is 8.60 Å². The maximum atomic E-state index is 10.2. The summed E-state index contributed by atoms with van der Waals surface area (Å²) in [6.45, 7) is 3.59. The van der Waals surface area contributed by atoms with Crippen molar-refractivity contribution in [2.45, 2.75) is 0 Å². The molecule has 0 aromatic carbocycles. The van der Waals surface area contributed by atoms with Crippen LogP contribution in [0, 0.1) is 0 Å². The summed E-state index contributed by atoms with van der Waals surface area (Å²) in [5, 5.41) is 0. The Labute approximate surface area is 48.9 Å². The first-order valence-electron chi connectivity index (χ1n) is 2.01. The first kappa shape index (κ1) is 8.01. The minimum Gasteiger partial charge on any atom is -0.169 e. The smallest absolute Gasteiger partial charge is 0.169 e. The number of hydrogen-bond acceptors (Lipinski definition) is 2. The molecule has 1 unspecified atom stereocenters. The standard InChI is InChI=1S/C3H9NO3P/c1-2-3-6-8(5)7-4/h2,8H,1,3H2,4H3/q+2. The molecule has 8 heavy (non-hydrogen) atoms. The van der Waals surface area contributed by atoms with Crippen LogP contribution in [0.2, 0.25) is 0 Å². The van der Waals surface area contributed by atoms with E-state index in [2.05, 4.69) is 21.6 Å². The van der Waals surface area contributed by atoms with Gasteiger partial charge in [0.25, 0.3) is 0 Å². The lowest BCUT2D eigenvalue weighted by molar-refractivity contribution is -0.640. The van der Waals surface area contributed by atoms with Gasteiger partial charge in [-0.25, -0.2) is 0 Å². The van der Waals surface area contributed by atoms with Gasteiger partial charge in [-0.3, -0.25) is 0 Å². The lowest BCUT2D eigenvalue weighted by Gasteiger charge is -1.86. The summed E-state index contributed by atoms with van der Waals surface area (Å²) in [5.74, 6) is 2.91. The van der Waals surface area contributed by atoms with Crippen LogP contribution in [0.1, 0.15) is 0 Å². The highest BCUT2D eigenvalue weighted by molar-refractivity contribution is 7.40. The third-order valence-corrected chi connectivity index (χ3v) is 1.07. The zero-order valence-corrected chi connectivity index (χ0v) is 5.42. The summed E-state index contributed by atoms with van der Waals surface area (Å²) in [6, 6.07) is 0. The van der Waals surface area contributed by atoms with E-state index >= 15 is 0 Å². The van der Waals surface area contributed by atoms with Crippen LogP contribution in [-0.4, -0.2) is 6.61 Å². The van der Waals surface area contributed by atoms with E-state index in [-0.39, 0.29) is 6.61 Å². The molecule has 1 atom stereocenters. The van der Waals surface area contributed by atoms with Gasteiger partial charge in [0.15, 0.2) is 0 Å². The van der Waals surface area contributed by atoms with E-state index in [1.165, 1.54) is 6.08 Å². The van der Waals surface area contributed by atoms with E-state index < -0.39 is 8.60 Å². The van der Waals surface area contributed by atoms with Gasteiger partial charge in [0.2, 0.25) is 0 Å². The monoisotopic (exact) mass is 138 g/mol. The van der Waals surface area contributed by atoms with Crippen LogP contribution in [-0.2, 0) is 14.0 Å². The topological polar surface area (TPSA) is 66.0 Å². The van der Waals surface area contributed by atoms with Gasteiger partial charge < -0.3 is 0 Å². The molecule has 0 aliphatic carbocycles. The molecule has 0 heterocycles. The van der Waals surface area contributed by atoms with E-state index in [9.17, 15) is 4.89 Å². The lowest BCUT2D eigenvalue weighted by atomic mass is 10.7. The molecule has 47 valence electrons. The third-order valence-electron chi connectivity index (χ3n) is 0.437. The average Bonchev–Trinajstić information content (AvgIpc) is 1.83. The quantitative estimate of drug-likeness (QED) is 0.330. The molecule has 0 spiro atoms. The molecular weight excluding hydrogens is 129 g/mol. The molecule has 3 N–H and O–H groups in total. The van der Waals surface area contributed by atoms with Crippen LogP contribution in [0.15, 0.2) is 12.7 Å². The maximum Gasteiger partial charge on any atom is 0.507 e. The van der Waals surface area contributed by atoms with Gasteiger partial charge in [0, 0.05) is 9.52 Å². The summed E-state index contributed by atoms with van der Waals surface area (Å²) in [4.78, 5) is 10.2. The highest BCUT2D eigenvalue weighted by Crippen LogP contribution is 2.29. The molecule has 0 aromatic rings. The van der Waals surface area contributed by atoms with Crippen molar-refractivity contribution < 1.29 is 19.9 Å². The minimum absolute atomic E-state index is 0.243. The fourth-order valence-electron chi connectivity index (χ4n) is 0.169. The summed E-state index contributed by atoms with van der Waals surface area (Å²) >= 11 is 0. The van der Waals surface area contributed by atoms with Crippen molar-refractivity contribution in [1.82, 2.24) is 0 Å². The van der Waals surface area contributed by atoms with Gasteiger partial charge in [-0.05, 0) is 0 Å². The number of hydrogen-bond donors (Lipinski definition) is 1. The van der Waals surface area contributed by atoms with Crippen LogP contribution in [0.5, 0.6) is 0 Å². The van der Waals surface area contributed by atoms with Crippen molar-refractivity contribution in [2.75, 3.05) is 6.61 Å². The normalized spacial score (nSPS) is 13.2. The molecule has 0 bridgehead atoms. The summed E-state index contributed by atoms with van der Waals surface area (Å²) in [6.07, 6.45) is 1.49. The Morgan fingerprint density at radius 1 is 1.88 bits per heavy atom. The average molecular weight is 138 g/mol. The van der Waals surface area contributed by atoms with Gasteiger partial charge >= 0.3 is 8.60 Å². The Hall–Kier alpha value is 0.0100. The molecule has 0 aromatic heterocycles. The van der Waals surface area contributed by atoms with Crippen molar-refractivity contribution in [1.29, 1.82) is 0 Å². The predicted molar refractivity (Wildman–Crippen MR) is 29.1 cm³/mol. The second kappa shape index (κ2) is 5.15. The molecule has 5 heteroatoms. The van der Waals surface area contributed by atoms with Crippen molar-refractivity contribution >= 4 is 8.60 Å². The molecule has 0 saturated carbocycles. The Morgan fingerprint density at radius 3 is 2.88 bits per heavy atom. The lowest BCUT2D eigenvalue weighted by Crippen LogP contribution is -2.46. The fraction of sp³-hybridized carbons (Fsp3) is 0.333. The molecule has 0 fully saturated rings. The van der Waals surface area contributed by atoms with E-state index in [1.807, 2.05) is 0 Å². The van der Waals surface area contributed by atoms with Crippen LogP contribution in [0.3, 0.4) is 0 Å². The molecule has 4 nitrogen and oxygen atoms in total. The second-order valence-corrected chi connectivity index (χ2v) is 2.07. The van der Waals surface area contributed by atoms with Gasteiger partial charge in [-0.1, -0.05) is 6.08 Å². The van der Waals surface area contributed by atoms with Gasteiger partial charge in [0.1, 0.15) is 6.61 Å². The van der Waals surface area contributed by atoms with Crippen molar-refractivity contribution in [3.8, 4) is 0 Å². The molecule has 1 radical (unpaired) electrons. The molecule has 0 aliphatic heterocycles. The highest BCUT2D eigenvalue weighted by Gasteiger charge is 2.16. The first-order valence-corrected chi connectivity index (χ1v) is 3.23. The minimum atomic E-state index is -2.32. The summed E-state index contributed by atoms with van der Waals surface area (Å²) < 4.78 is 8.56. The Kier molecular flexibility index (Phi) is 5.16. The van der Waals surface area contributed by atoms with E-state index in [0.717, 1.165) is 0 Å². The van der Waals surface area contributed by atoms with Crippen LogP contribution in [0.4, 0.5) is 0 Å². The van der Waals surface area contributed by atoms with Gasteiger partial charge in [0.05, 0.1) is 0 Å². The van der Waals surface area contributed by atoms with E-state index in [1.54, 1.807) is 0 Å².